The lowest BCUT2D eigenvalue weighted by molar-refractivity contribution is 0.102. The molecule has 0 saturated carbocycles. The van der Waals surface area contributed by atoms with Crippen LogP contribution < -0.4 is 10.1 Å². The van der Waals surface area contributed by atoms with Crippen molar-refractivity contribution >= 4 is 22.5 Å². The molecule has 1 N–H and O–H groups in total. The number of carbonyl (C=O) groups is 1. The van der Waals surface area contributed by atoms with Gasteiger partial charge in [-0.05, 0) is 54.6 Å². The van der Waals surface area contributed by atoms with E-state index in [9.17, 15) is 9.18 Å². The van der Waals surface area contributed by atoms with E-state index in [1.165, 1.54) is 12.1 Å². The second kappa shape index (κ2) is 6.92. The first kappa shape index (κ1) is 16.8. The molecule has 3 aromatic carbocycles. The van der Waals surface area contributed by atoms with Crippen LogP contribution >= 0.6 is 0 Å². The molecule has 0 radical (unpaired) electrons. The zero-order chi connectivity index (χ0) is 18.8. The van der Waals surface area contributed by atoms with E-state index in [1.54, 1.807) is 61.7 Å². The predicted octanol–water partition coefficient (Wildman–Crippen LogP) is 4.89. The van der Waals surface area contributed by atoms with Crippen molar-refractivity contribution < 1.29 is 18.4 Å². The van der Waals surface area contributed by atoms with Gasteiger partial charge in [0.05, 0.1) is 12.5 Å². The van der Waals surface area contributed by atoms with Gasteiger partial charge in [-0.3, -0.25) is 4.79 Å². The second-order valence-electron chi connectivity index (χ2n) is 5.94. The fourth-order valence-corrected chi connectivity index (χ4v) is 2.80. The number of rotatable bonds is 4. The van der Waals surface area contributed by atoms with Gasteiger partial charge in [0.25, 0.3) is 5.91 Å². The van der Waals surface area contributed by atoms with E-state index < -0.39 is 0 Å². The molecule has 0 aliphatic rings. The minimum absolute atomic E-state index is 0.267. The highest BCUT2D eigenvalue weighted by Crippen LogP contribution is 2.29. The summed E-state index contributed by atoms with van der Waals surface area (Å²) in [4.78, 5) is 12.6. The third kappa shape index (κ3) is 3.37. The Morgan fingerprint density at radius 2 is 1.89 bits per heavy atom. The zero-order valence-corrected chi connectivity index (χ0v) is 14.4. The highest BCUT2D eigenvalue weighted by Gasteiger charge is 2.14. The molecule has 5 nitrogen and oxygen atoms in total. The summed E-state index contributed by atoms with van der Waals surface area (Å²) in [6.45, 7) is 0. The third-order valence-corrected chi connectivity index (χ3v) is 4.17. The quantitative estimate of drug-likeness (QED) is 0.561. The summed E-state index contributed by atoms with van der Waals surface area (Å²) >= 11 is 0. The van der Waals surface area contributed by atoms with Gasteiger partial charge in [0.1, 0.15) is 17.1 Å². The molecule has 0 unspecified atom stereocenters. The maximum Gasteiger partial charge on any atom is 0.255 e. The number of anilines is 1. The van der Waals surface area contributed by atoms with Crippen molar-refractivity contribution in [2.75, 3.05) is 12.4 Å². The van der Waals surface area contributed by atoms with Crippen LogP contribution in [0.2, 0.25) is 0 Å². The Bertz CT molecular complexity index is 1120. The lowest BCUT2D eigenvalue weighted by atomic mass is 10.1. The van der Waals surface area contributed by atoms with Crippen LogP contribution in [-0.4, -0.2) is 18.2 Å². The molecule has 4 aromatic rings. The molecule has 1 amide bonds. The van der Waals surface area contributed by atoms with E-state index in [2.05, 4.69) is 10.5 Å². The molecule has 0 bridgehead atoms. The number of carbonyl (C=O) groups excluding carboxylic acids is 1. The second-order valence-corrected chi connectivity index (χ2v) is 5.94. The summed E-state index contributed by atoms with van der Waals surface area (Å²) < 4.78 is 23.7. The van der Waals surface area contributed by atoms with E-state index in [1.807, 2.05) is 0 Å². The molecule has 1 aromatic heterocycles. The highest BCUT2D eigenvalue weighted by atomic mass is 19.1. The normalized spacial score (nSPS) is 10.7. The largest absolute Gasteiger partial charge is 0.497 e. The Hall–Kier alpha value is -3.67. The number of amides is 1. The Morgan fingerprint density at radius 3 is 2.67 bits per heavy atom. The van der Waals surface area contributed by atoms with Crippen LogP contribution in [0.25, 0.3) is 22.2 Å². The molecule has 0 aliphatic heterocycles. The van der Waals surface area contributed by atoms with Gasteiger partial charge in [-0.2, -0.15) is 0 Å². The van der Waals surface area contributed by atoms with Gasteiger partial charge in [-0.1, -0.05) is 11.2 Å². The number of hydrogen-bond acceptors (Lipinski definition) is 4. The number of halogens is 1. The van der Waals surface area contributed by atoms with Gasteiger partial charge in [0.2, 0.25) is 0 Å². The lowest BCUT2D eigenvalue weighted by Gasteiger charge is -2.07. The van der Waals surface area contributed by atoms with Crippen LogP contribution in [0.5, 0.6) is 5.75 Å². The first-order valence-electron chi connectivity index (χ1n) is 8.25. The predicted molar refractivity (Wildman–Crippen MR) is 100 cm³/mol. The van der Waals surface area contributed by atoms with Crippen LogP contribution in [0.3, 0.4) is 0 Å². The number of ether oxygens (including phenoxy) is 1. The van der Waals surface area contributed by atoms with E-state index in [4.69, 9.17) is 9.26 Å². The number of benzene rings is 3. The minimum atomic E-state index is -0.332. The minimum Gasteiger partial charge on any atom is -0.497 e. The van der Waals surface area contributed by atoms with Gasteiger partial charge < -0.3 is 14.6 Å². The van der Waals surface area contributed by atoms with Gasteiger partial charge in [-0.25, -0.2) is 4.39 Å². The van der Waals surface area contributed by atoms with Crippen LogP contribution in [0.15, 0.2) is 71.3 Å². The van der Waals surface area contributed by atoms with E-state index in [0.29, 0.717) is 39.2 Å². The number of hydrogen-bond donors (Lipinski definition) is 1. The van der Waals surface area contributed by atoms with Gasteiger partial charge in [-0.15, -0.1) is 0 Å². The maximum atomic E-state index is 13.2. The Kier molecular flexibility index (Phi) is 4.30. The average molecular weight is 362 g/mol. The van der Waals surface area contributed by atoms with Crippen LogP contribution in [0.4, 0.5) is 10.1 Å². The molecular weight excluding hydrogens is 347 g/mol. The Labute approximate surface area is 154 Å². The smallest absolute Gasteiger partial charge is 0.255 e. The van der Waals surface area contributed by atoms with Gasteiger partial charge in [0.15, 0.2) is 5.76 Å². The van der Waals surface area contributed by atoms with Crippen molar-refractivity contribution in [3.63, 3.8) is 0 Å². The number of methoxy groups -OCH3 is 1. The molecule has 0 spiro atoms. The zero-order valence-electron chi connectivity index (χ0n) is 14.4. The molecule has 0 atom stereocenters. The summed E-state index contributed by atoms with van der Waals surface area (Å²) in [5, 5.41) is 7.53. The fraction of sp³-hybridized carbons (Fsp3) is 0.0476. The average Bonchev–Trinajstić information content (AvgIpc) is 3.12. The molecule has 6 heteroatoms. The SMILES string of the molecule is COc1cccc(NC(=O)c2ccc3noc(-c4ccc(F)cc4)c3c2)c1. The first-order valence-corrected chi connectivity index (χ1v) is 8.25. The van der Waals surface area contributed by atoms with Gasteiger partial charge >= 0.3 is 0 Å². The summed E-state index contributed by atoms with van der Waals surface area (Å²) in [7, 11) is 1.57. The summed E-state index contributed by atoms with van der Waals surface area (Å²) in [5.41, 5.74) is 2.39. The first-order chi connectivity index (χ1) is 13.1. The summed E-state index contributed by atoms with van der Waals surface area (Å²) in [6, 6.07) is 18.1. The standard InChI is InChI=1S/C21H15FN2O3/c1-26-17-4-2-3-16(12-17)23-21(25)14-7-10-19-18(11-14)20(27-24-19)13-5-8-15(22)9-6-13/h2-12H,1H3,(H,23,25). The number of nitrogens with zero attached hydrogens (tertiary/aromatic N) is 1. The van der Waals surface area contributed by atoms with Crippen molar-refractivity contribution in [1.29, 1.82) is 0 Å². The Morgan fingerprint density at radius 1 is 1.07 bits per heavy atom. The molecule has 134 valence electrons. The molecular formula is C21H15FN2O3. The van der Waals surface area contributed by atoms with Crippen molar-refractivity contribution in [2.24, 2.45) is 0 Å². The molecule has 1 heterocycles. The van der Waals surface area contributed by atoms with Crippen LogP contribution in [-0.2, 0) is 0 Å². The van der Waals surface area contributed by atoms with Crippen molar-refractivity contribution in [3.8, 4) is 17.1 Å². The summed E-state index contributed by atoms with van der Waals surface area (Å²) in [5.74, 6) is 0.541. The van der Waals surface area contributed by atoms with Crippen molar-refractivity contribution in [2.45, 2.75) is 0 Å². The van der Waals surface area contributed by atoms with Crippen molar-refractivity contribution in [1.82, 2.24) is 5.16 Å². The lowest BCUT2D eigenvalue weighted by Crippen LogP contribution is -2.11. The highest BCUT2D eigenvalue weighted by molar-refractivity contribution is 6.07. The van der Waals surface area contributed by atoms with E-state index >= 15 is 0 Å². The van der Waals surface area contributed by atoms with Gasteiger partial charge in [0, 0.05) is 22.9 Å². The molecule has 0 aliphatic carbocycles. The molecule has 4 rings (SSSR count). The number of fused-ring (bicyclic) bond motifs is 1. The maximum absolute atomic E-state index is 13.2. The number of aromatic nitrogens is 1. The fourth-order valence-electron chi connectivity index (χ4n) is 2.80. The molecule has 0 saturated heterocycles. The van der Waals surface area contributed by atoms with Crippen molar-refractivity contribution in [3.05, 3.63) is 78.1 Å². The third-order valence-electron chi connectivity index (χ3n) is 4.17. The molecule has 0 fully saturated rings. The topological polar surface area (TPSA) is 64.4 Å². The Balaban J connectivity index is 1.67. The van der Waals surface area contributed by atoms with Crippen LogP contribution in [0, 0.1) is 5.82 Å². The van der Waals surface area contributed by atoms with E-state index in [0.717, 1.165) is 0 Å². The monoisotopic (exact) mass is 362 g/mol. The van der Waals surface area contributed by atoms with E-state index in [-0.39, 0.29) is 11.7 Å². The van der Waals surface area contributed by atoms with Crippen LogP contribution in [0.1, 0.15) is 10.4 Å². The summed E-state index contributed by atoms with van der Waals surface area (Å²) in [6.07, 6.45) is 0. The number of nitrogens with one attached hydrogen (secondary N) is 1. The molecule has 27 heavy (non-hydrogen) atoms.